The Bertz CT molecular complexity index is 1030. The normalized spacial score (nSPS) is 24.7. The van der Waals surface area contributed by atoms with E-state index in [-0.39, 0.29) is 17.4 Å². The summed E-state index contributed by atoms with van der Waals surface area (Å²) in [6.45, 7) is 11.6. The van der Waals surface area contributed by atoms with Crippen molar-refractivity contribution in [2.75, 3.05) is 45.8 Å². The average molecular weight is 538 g/mol. The molecule has 1 aromatic heterocycles. The van der Waals surface area contributed by atoms with E-state index in [1.165, 1.54) is 37.7 Å². The van der Waals surface area contributed by atoms with E-state index in [1.54, 1.807) is 0 Å². The van der Waals surface area contributed by atoms with Gasteiger partial charge < -0.3 is 10.2 Å². The van der Waals surface area contributed by atoms with Crippen LogP contribution in [-0.4, -0.2) is 83.0 Å². The van der Waals surface area contributed by atoms with Crippen molar-refractivity contribution >= 4 is 17.5 Å². The predicted molar refractivity (Wildman–Crippen MR) is 154 cm³/mol. The molecular formula is C31H44ClN5O. The van der Waals surface area contributed by atoms with Crippen molar-refractivity contribution < 1.29 is 4.79 Å². The highest BCUT2D eigenvalue weighted by atomic mass is 35.5. The number of likely N-dealkylation sites (tertiary alicyclic amines) is 1. The highest BCUT2D eigenvalue weighted by molar-refractivity contribution is 6.30. The van der Waals surface area contributed by atoms with E-state index in [1.807, 2.05) is 24.4 Å². The largest absolute Gasteiger partial charge is 0.340 e. The van der Waals surface area contributed by atoms with Crippen LogP contribution in [0.4, 0.5) is 0 Å². The quantitative estimate of drug-likeness (QED) is 0.524. The number of hydrogen-bond donors (Lipinski definition) is 1. The van der Waals surface area contributed by atoms with E-state index < -0.39 is 0 Å². The Balaban J connectivity index is 1.22. The van der Waals surface area contributed by atoms with Gasteiger partial charge in [-0.15, -0.1) is 0 Å². The minimum atomic E-state index is 0.00815. The molecule has 1 amide bonds. The molecule has 0 spiro atoms. The predicted octanol–water partition coefficient (Wildman–Crippen LogP) is 4.80. The number of pyridine rings is 1. The SMILES string of the molecule is CC(C)N1C[C@H](C(=O)N2CCN(C3(CNCc4ccccn4)CCCCC3)CC2)[C@@H](c2ccc(Cl)cc2)C1. The summed E-state index contributed by atoms with van der Waals surface area (Å²) < 4.78 is 0. The van der Waals surface area contributed by atoms with Gasteiger partial charge in [-0.25, -0.2) is 0 Å². The van der Waals surface area contributed by atoms with Gasteiger partial charge >= 0.3 is 0 Å². The van der Waals surface area contributed by atoms with Crippen molar-refractivity contribution in [3.8, 4) is 0 Å². The lowest BCUT2D eigenvalue weighted by Crippen LogP contribution is -2.62. The van der Waals surface area contributed by atoms with Crippen LogP contribution in [0.15, 0.2) is 48.7 Å². The first-order valence-electron chi connectivity index (χ1n) is 14.6. The fourth-order valence-electron chi connectivity index (χ4n) is 6.93. The Kier molecular flexibility index (Phi) is 9.04. The molecule has 1 aliphatic carbocycles. The van der Waals surface area contributed by atoms with Gasteiger partial charge in [0.15, 0.2) is 0 Å². The molecule has 1 saturated carbocycles. The minimum absolute atomic E-state index is 0.00815. The van der Waals surface area contributed by atoms with E-state index in [9.17, 15) is 4.79 Å². The summed E-state index contributed by atoms with van der Waals surface area (Å²) in [6.07, 6.45) is 8.26. The zero-order valence-electron chi connectivity index (χ0n) is 23.1. The number of piperazine rings is 1. The molecule has 2 aliphatic heterocycles. The average Bonchev–Trinajstić information content (AvgIpc) is 3.40. The first-order chi connectivity index (χ1) is 18.4. The molecule has 7 heteroatoms. The van der Waals surface area contributed by atoms with Gasteiger partial charge in [-0.2, -0.15) is 0 Å². The molecule has 38 heavy (non-hydrogen) atoms. The fourth-order valence-corrected chi connectivity index (χ4v) is 7.06. The second-order valence-electron chi connectivity index (χ2n) is 11.8. The second kappa shape index (κ2) is 12.5. The monoisotopic (exact) mass is 537 g/mol. The number of halogens is 1. The first-order valence-corrected chi connectivity index (χ1v) is 15.0. The van der Waals surface area contributed by atoms with Gasteiger partial charge in [-0.1, -0.05) is 49.1 Å². The fraction of sp³-hybridized carbons (Fsp3) is 0.613. The van der Waals surface area contributed by atoms with Gasteiger partial charge in [0.25, 0.3) is 0 Å². The van der Waals surface area contributed by atoms with E-state index in [0.717, 1.165) is 63.1 Å². The number of nitrogens with zero attached hydrogens (tertiary/aromatic N) is 4. The van der Waals surface area contributed by atoms with Crippen molar-refractivity contribution in [3.63, 3.8) is 0 Å². The molecule has 2 aromatic rings. The maximum Gasteiger partial charge on any atom is 0.227 e. The number of hydrogen-bond acceptors (Lipinski definition) is 5. The summed E-state index contributed by atoms with van der Waals surface area (Å²) in [5, 5.41) is 4.48. The molecule has 1 N–H and O–H groups in total. The van der Waals surface area contributed by atoms with Crippen LogP contribution in [0, 0.1) is 5.92 Å². The van der Waals surface area contributed by atoms with E-state index >= 15 is 0 Å². The number of carbonyl (C=O) groups excluding carboxylic acids is 1. The minimum Gasteiger partial charge on any atom is -0.340 e. The maximum atomic E-state index is 13.9. The Morgan fingerprint density at radius 3 is 2.42 bits per heavy atom. The topological polar surface area (TPSA) is 51.7 Å². The van der Waals surface area contributed by atoms with Crippen LogP contribution in [-0.2, 0) is 11.3 Å². The highest BCUT2D eigenvalue weighted by Crippen LogP contribution is 2.37. The smallest absolute Gasteiger partial charge is 0.227 e. The van der Waals surface area contributed by atoms with E-state index in [4.69, 9.17) is 11.6 Å². The Labute approximate surface area is 233 Å². The van der Waals surface area contributed by atoms with Gasteiger partial charge in [0, 0.05) is 81.1 Å². The summed E-state index contributed by atoms with van der Waals surface area (Å²) in [5.74, 6) is 0.563. The molecular weight excluding hydrogens is 494 g/mol. The lowest BCUT2D eigenvalue weighted by atomic mass is 9.79. The van der Waals surface area contributed by atoms with Crippen LogP contribution in [0.3, 0.4) is 0 Å². The third kappa shape index (κ3) is 6.25. The molecule has 0 bridgehead atoms. The van der Waals surface area contributed by atoms with Crippen molar-refractivity contribution in [1.82, 2.24) is 25.0 Å². The molecule has 2 saturated heterocycles. The number of carbonyl (C=O) groups is 1. The van der Waals surface area contributed by atoms with Crippen LogP contribution in [0.25, 0.3) is 0 Å². The first kappa shape index (κ1) is 27.6. The molecule has 0 unspecified atom stereocenters. The summed E-state index contributed by atoms with van der Waals surface area (Å²) >= 11 is 6.17. The van der Waals surface area contributed by atoms with Gasteiger partial charge in [-0.3, -0.25) is 19.6 Å². The second-order valence-corrected chi connectivity index (χ2v) is 12.3. The maximum absolute atomic E-state index is 13.9. The molecule has 0 radical (unpaired) electrons. The molecule has 1 aromatic carbocycles. The molecule has 206 valence electrons. The van der Waals surface area contributed by atoms with E-state index in [0.29, 0.717) is 11.9 Å². The molecule has 5 rings (SSSR count). The number of nitrogens with one attached hydrogen (secondary N) is 1. The molecule has 2 atom stereocenters. The standard InChI is InChI=1S/C31H44ClN5O/c1-24(2)36-21-28(25-9-11-26(32)12-10-25)29(22-36)30(38)35-16-18-37(19-17-35)31(13-5-3-6-14-31)23-33-20-27-8-4-7-15-34-27/h4,7-12,15,24,28-29,33H,3,5-6,13-14,16-23H2,1-2H3/t28-,29+/m1/s1. The van der Waals surface area contributed by atoms with Crippen molar-refractivity contribution in [3.05, 3.63) is 64.9 Å². The van der Waals surface area contributed by atoms with Crippen LogP contribution in [0.1, 0.15) is 63.1 Å². The third-order valence-electron chi connectivity index (χ3n) is 9.23. The number of rotatable bonds is 8. The lowest BCUT2D eigenvalue weighted by molar-refractivity contribution is -0.138. The van der Waals surface area contributed by atoms with E-state index in [2.05, 4.69) is 63.1 Å². The third-order valence-corrected chi connectivity index (χ3v) is 9.48. The van der Waals surface area contributed by atoms with Crippen molar-refractivity contribution in [1.29, 1.82) is 0 Å². The van der Waals surface area contributed by atoms with Gasteiger partial charge in [0.05, 0.1) is 11.6 Å². The summed E-state index contributed by atoms with van der Waals surface area (Å²) in [7, 11) is 0. The van der Waals surface area contributed by atoms with Gasteiger partial charge in [0.2, 0.25) is 5.91 Å². The molecule has 3 heterocycles. The number of amides is 1. The van der Waals surface area contributed by atoms with Gasteiger partial charge in [-0.05, 0) is 56.5 Å². The molecule has 3 aliphatic rings. The van der Waals surface area contributed by atoms with Crippen molar-refractivity contribution in [2.45, 2.75) is 70.0 Å². The summed E-state index contributed by atoms with van der Waals surface area (Å²) in [5.41, 5.74) is 2.52. The molecule has 6 nitrogen and oxygen atoms in total. The van der Waals surface area contributed by atoms with Crippen LogP contribution in [0.2, 0.25) is 5.02 Å². The highest BCUT2D eigenvalue weighted by Gasteiger charge is 2.43. The summed E-state index contributed by atoms with van der Waals surface area (Å²) in [4.78, 5) is 25.7. The Morgan fingerprint density at radius 2 is 1.76 bits per heavy atom. The van der Waals surface area contributed by atoms with Crippen LogP contribution < -0.4 is 5.32 Å². The van der Waals surface area contributed by atoms with Crippen molar-refractivity contribution in [2.24, 2.45) is 5.92 Å². The Morgan fingerprint density at radius 1 is 1.03 bits per heavy atom. The van der Waals surface area contributed by atoms with Gasteiger partial charge in [0.1, 0.15) is 0 Å². The molecule has 3 fully saturated rings. The number of aromatic nitrogens is 1. The number of benzene rings is 1. The lowest BCUT2D eigenvalue weighted by Gasteiger charge is -2.50. The summed E-state index contributed by atoms with van der Waals surface area (Å²) in [6, 6.07) is 14.7. The Hall–Kier alpha value is -1.99. The van der Waals surface area contributed by atoms with Crippen LogP contribution >= 0.6 is 11.6 Å². The zero-order valence-corrected chi connectivity index (χ0v) is 23.9. The van der Waals surface area contributed by atoms with Crippen LogP contribution in [0.5, 0.6) is 0 Å². The zero-order chi connectivity index (χ0) is 26.5.